The number of hydrogen-bond acceptors (Lipinski definition) is 3. The van der Waals surface area contributed by atoms with Crippen molar-refractivity contribution in [2.24, 2.45) is 0 Å². The van der Waals surface area contributed by atoms with Crippen LogP contribution >= 0.6 is 0 Å². The fraction of sp³-hybridized carbons (Fsp3) is 0. The molecule has 1 rings (SSSR count). The monoisotopic (exact) mass is 179 g/mol. The van der Waals surface area contributed by atoms with Gasteiger partial charge in [0.1, 0.15) is 0 Å². The summed E-state index contributed by atoms with van der Waals surface area (Å²) in [6, 6.07) is 8.31. The second-order valence-corrected chi connectivity index (χ2v) is 1.91. The fourth-order valence-corrected chi connectivity index (χ4v) is 0.758. The summed E-state index contributed by atoms with van der Waals surface area (Å²) in [6.07, 6.45) is 0. The minimum Gasteiger partial charge on any atom is -0.248 e. The molecule has 0 atom stereocenters. The minimum absolute atomic E-state index is 0. The van der Waals surface area contributed by atoms with E-state index >= 15 is 0 Å². The molecule has 0 bridgehead atoms. The molecule has 0 aliphatic heterocycles. The van der Waals surface area contributed by atoms with Crippen LogP contribution in [-0.4, -0.2) is 0 Å². The molecule has 0 saturated heterocycles. The van der Waals surface area contributed by atoms with E-state index in [1.165, 1.54) is 12.1 Å². The van der Waals surface area contributed by atoms with Crippen molar-refractivity contribution >= 4 is 0 Å². The Bertz CT molecular complexity index is 366. The van der Waals surface area contributed by atoms with E-state index in [4.69, 9.17) is 15.8 Å². The Balaban J connectivity index is 0.00000121. The Morgan fingerprint density at radius 3 is 2.08 bits per heavy atom. The predicted molar refractivity (Wildman–Crippen MR) is 36.2 cm³/mol. The van der Waals surface area contributed by atoms with Crippen LogP contribution in [-0.2, 0) is 0 Å². The molecule has 0 radical (unpaired) electrons. The van der Waals surface area contributed by atoms with Gasteiger partial charge in [-0.25, -0.2) is 15.8 Å². The van der Waals surface area contributed by atoms with Gasteiger partial charge in [0.25, 0.3) is 0 Å². The van der Waals surface area contributed by atoms with Crippen LogP contribution in [0.3, 0.4) is 0 Å². The molecule has 1 aromatic rings. The first-order valence-corrected chi connectivity index (χ1v) is 2.83. The molecule has 50 valence electrons. The molecule has 1 aromatic carbocycles. The average molecular weight is 179 g/mol. The van der Waals surface area contributed by atoms with E-state index in [0.717, 1.165) is 0 Å². The zero-order chi connectivity index (χ0) is 8.27. The molecule has 0 heterocycles. The van der Waals surface area contributed by atoms with E-state index in [9.17, 15) is 0 Å². The van der Waals surface area contributed by atoms with Gasteiger partial charge in [-0.3, -0.25) is 0 Å². The van der Waals surface area contributed by atoms with Crippen LogP contribution in [0.5, 0.6) is 0 Å². The Hall–Kier alpha value is -0.544. The Morgan fingerprint density at radius 1 is 1.08 bits per heavy atom. The molecule has 3 nitrogen and oxygen atoms in total. The molecule has 12 heavy (non-hydrogen) atoms. The van der Waals surface area contributed by atoms with Gasteiger partial charge in [0.05, 0.1) is 6.07 Å². The molecule has 0 spiro atoms. The third kappa shape index (κ3) is 2.22. The Labute approximate surface area is 113 Å². The van der Waals surface area contributed by atoms with Crippen molar-refractivity contribution in [1.82, 2.24) is 0 Å². The summed E-state index contributed by atoms with van der Waals surface area (Å²) < 4.78 is 0. The van der Waals surface area contributed by atoms with Gasteiger partial charge in [-0.1, -0.05) is 5.56 Å². The Kier molecular flexibility index (Phi) is 4.93. The standard InChI is InChI=1S/C8H2N3.K/c9-3-6-1-7(4-10)8(2-6)5-11;/h1-2H;/q-1;+1. The van der Waals surface area contributed by atoms with Gasteiger partial charge in [0.2, 0.25) is 0 Å². The van der Waals surface area contributed by atoms with Crippen LogP contribution in [0.4, 0.5) is 0 Å². The summed E-state index contributed by atoms with van der Waals surface area (Å²) in [5.41, 5.74) is 0.895. The molecule has 0 amide bonds. The first kappa shape index (κ1) is 11.5. The van der Waals surface area contributed by atoms with Crippen LogP contribution in [0.25, 0.3) is 0 Å². The smallest absolute Gasteiger partial charge is 0.248 e. The quantitative estimate of drug-likeness (QED) is 0.342. The van der Waals surface area contributed by atoms with Gasteiger partial charge in [0.15, 0.2) is 0 Å². The van der Waals surface area contributed by atoms with Crippen molar-refractivity contribution in [2.45, 2.75) is 0 Å². The molecule has 0 saturated carbocycles. The van der Waals surface area contributed by atoms with E-state index in [1.54, 1.807) is 0 Å². The molecule has 0 aromatic heterocycles. The van der Waals surface area contributed by atoms with Gasteiger partial charge >= 0.3 is 51.4 Å². The topological polar surface area (TPSA) is 71.4 Å². The van der Waals surface area contributed by atoms with Crippen LogP contribution < -0.4 is 51.4 Å². The van der Waals surface area contributed by atoms with Crippen LogP contribution in [0.2, 0.25) is 0 Å². The van der Waals surface area contributed by atoms with Crippen molar-refractivity contribution in [3.63, 3.8) is 0 Å². The third-order valence-corrected chi connectivity index (χ3v) is 1.26. The molecule has 0 unspecified atom stereocenters. The van der Waals surface area contributed by atoms with Gasteiger partial charge in [-0.15, -0.1) is 12.1 Å². The molecular weight excluding hydrogens is 177 g/mol. The van der Waals surface area contributed by atoms with Crippen molar-refractivity contribution in [3.05, 3.63) is 28.8 Å². The van der Waals surface area contributed by atoms with Crippen LogP contribution in [0.1, 0.15) is 16.7 Å². The fourth-order valence-electron chi connectivity index (χ4n) is 0.758. The van der Waals surface area contributed by atoms with Crippen molar-refractivity contribution in [1.29, 1.82) is 15.8 Å². The van der Waals surface area contributed by atoms with E-state index in [1.807, 2.05) is 18.2 Å². The number of rotatable bonds is 0. The number of nitriles is 3. The third-order valence-electron chi connectivity index (χ3n) is 1.26. The van der Waals surface area contributed by atoms with Crippen molar-refractivity contribution in [2.75, 3.05) is 0 Å². The van der Waals surface area contributed by atoms with E-state index in [0.29, 0.717) is 5.56 Å². The molecule has 0 aliphatic carbocycles. The molecular formula is C8H2KN3. The average Bonchev–Trinajstić information content (AvgIpc) is 2.46. The van der Waals surface area contributed by atoms with E-state index in [-0.39, 0.29) is 62.5 Å². The summed E-state index contributed by atoms with van der Waals surface area (Å²) >= 11 is 0. The predicted octanol–water partition coefficient (Wildman–Crippen LogP) is -1.98. The largest absolute Gasteiger partial charge is 1.00 e. The van der Waals surface area contributed by atoms with Crippen molar-refractivity contribution in [3.8, 4) is 18.2 Å². The first-order chi connectivity index (χ1) is 5.31. The first-order valence-electron chi connectivity index (χ1n) is 2.83. The second-order valence-electron chi connectivity index (χ2n) is 1.91. The summed E-state index contributed by atoms with van der Waals surface area (Å²) in [5, 5.41) is 25.3. The van der Waals surface area contributed by atoms with Gasteiger partial charge < -0.3 is 0 Å². The molecule has 0 aliphatic rings. The number of nitrogens with zero attached hydrogens (tertiary/aromatic N) is 3. The molecule has 0 fully saturated rings. The van der Waals surface area contributed by atoms with Crippen LogP contribution in [0.15, 0.2) is 12.1 Å². The van der Waals surface area contributed by atoms with Gasteiger partial charge in [-0.2, -0.15) is 0 Å². The summed E-state index contributed by atoms with van der Waals surface area (Å²) in [6.45, 7) is 0. The maximum Gasteiger partial charge on any atom is 1.00 e. The second kappa shape index (κ2) is 5.16. The maximum absolute atomic E-state index is 8.45. The summed E-state index contributed by atoms with van der Waals surface area (Å²) in [7, 11) is 0. The summed E-state index contributed by atoms with van der Waals surface area (Å²) in [4.78, 5) is 0. The number of hydrogen-bond donors (Lipinski definition) is 0. The zero-order valence-electron chi connectivity index (χ0n) is 6.50. The van der Waals surface area contributed by atoms with Gasteiger partial charge in [-0.05, 0) is 23.3 Å². The summed E-state index contributed by atoms with van der Waals surface area (Å²) in [5.74, 6) is 0. The van der Waals surface area contributed by atoms with Crippen molar-refractivity contribution < 1.29 is 51.4 Å². The molecule has 0 N–H and O–H groups in total. The van der Waals surface area contributed by atoms with E-state index in [2.05, 4.69) is 0 Å². The zero-order valence-corrected chi connectivity index (χ0v) is 9.62. The SMILES string of the molecule is N#Cc1cc(C#N)c(C#N)[cH-]1.[K+]. The normalized spacial score (nSPS) is 7.08. The van der Waals surface area contributed by atoms with E-state index < -0.39 is 0 Å². The minimum atomic E-state index is 0. The Morgan fingerprint density at radius 2 is 1.75 bits per heavy atom. The van der Waals surface area contributed by atoms with Gasteiger partial charge in [0, 0.05) is 0 Å². The maximum atomic E-state index is 8.45. The molecule has 4 heteroatoms. The van der Waals surface area contributed by atoms with Crippen LogP contribution in [0, 0.1) is 34.0 Å².